The highest BCUT2D eigenvalue weighted by molar-refractivity contribution is 5.81. The Labute approximate surface area is 111 Å². The summed E-state index contributed by atoms with van der Waals surface area (Å²) < 4.78 is 0. The maximum atomic E-state index is 12.0. The molecule has 4 aliphatic carbocycles. The number of hydrogen-bond donors (Lipinski definition) is 2. The number of nitrogens with one attached hydrogen (secondary N) is 1. The lowest BCUT2D eigenvalue weighted by Gasteiger charge is -2.61. The standard InChI is InChI=1S/C13H19N5O/c14-11(19)13-4-8-1-9(5-13)3-12(2-8,7-13)6-10-15-17-18-16-10/h8-9H,1-7H2,(H2,14,19)(H,15,16,17,18)/t8-,9?,12?,13?/m1/s1. The van der Waals surface area contributed by atoms with Gasteiger partial charge in [-0.25, -0.2) is 0 Å². The van der Waals surface area contributed by atoms with Crippen molar-refractivity contribution in [1.82, 2.24) is 20.6 Å². The van der Waals surface area contributed by atoms with Crippen molar-refractivity contribution in [3.8, 4) is 0 Å². The minimum absolute atomic E-state index is 0.0842. The summed E-state index contributed by atoms with van der Waals surface area (Å²) in [5.41, 5.74) is 5.68. The van der Waals surface area contributed by atoms with Crippen molar-refractivity contribution < 1.29 is 4.79 Å². The highest BCUT2D eigenvalue weighted by atomic mass is 16.1. The molecule has 0 radical (unpaired) electrons. The van der Waals surface area contributed by atoms with E-state index in [-0.39, 0.29) is 16.7 Å². The van der Waals surface area contributed by atoms with Gasteiger partial charge in [-0.3, -0.25) is 4.79 Å². The first-order valence-electron chi connectivity index (χ1n) is 7.12. The van der Waals surface area contributed by atoms with E-state index in [0.29, 0.717) is 11.8 Å². The van der Waals surface area contributed by atoms with Crippen molar-refractivity contribution >= 4 is 5.91 Å². The highest BCUT2D eigenvalue weighted by Crippen LogP contribution is 2.65. The van der Waals surface area contributed by atoms with E-state index in [1.165, 1.54) is 19.3 Å². The van der Waals surface area contributed by atoms with E-state index >= 15 is 0 Å². The Balaban J connectivity index is 1.68. The highest BCUT2D eigenvalue weighted by Gasteiger charge is 2.60. The number of H-pyrrole nitrogens is 1. The molecule has 6 heteroatoms. The van der Waals surface area contributed by atoms with Crippen molar-refractivity contribution in [2.45, 2.75) is 44.9 Å². The molecule has 4 atom stereocenters. The van der Waals surface area contributed by atoms with Crippen LogP contribution in [0.15, 0.2) is 0 Å². The number of aromatic nitrogens is 4. The second-order valence-corrected chi connectivity index (χ2v) is 7.11. The molecule has 1 aromatic heterocycles. The fraction of sp³-hybridized carbons (Fsp3) is 0.846. The monoisotopic (exact) mass is 261 g/mol. The Bertz CT molecular complexity index is 497. The van der Waals surface area contributed by atoms with Crippen molar-refractivity contribution in [2.24, 2.45) is 28.4 Å². The third-order valence-electron chi connectivity index (χ3n) is 5.63. The molecule has 1 aromatic rings. The predicted octanol–water partition coefficient (Wildman–Crippen LogP) is 0.814. The van der Waals surface area contributed by atoms with Crippen LogP contribution in [0.2, 0.25) is 0 Å². The molecule has 4 aliphatic rings. The molecule has 4 bridgehead atoms. The molecular weight excluding hydrogens is 242 g/mol. The molecule has 0 saturated heterocycles. The van der Waals surface area contributed by atoms with Gasteiger partial charge < -0.3 is 5.73 Å². The first-order chi connectivity index (χ1) is 9.09. The fourth-order valence-corrected chi connectivity index (χ4v) is 5.54. The second kappa shape index (κ2) is 3.55. The zero-order valence-corrected chi connectivity index (χ0v) is 10.9. The zero-order valence-electron chi connectivity index (χ0n) is 10.9. The number of nitrogens with two attached hydrogens (primary N) is 1. The fourth-order valence-electron chi connectivity index (χ4n) is 5.54. The van der Waals surface area contributed by atoms with E-state index in [9.17, 15) is 4.79 Å². The van der Waals surface area contributed by atoms with Crippen molar-refractivity contribution in [3.63, 3.8) is 0 Å². The van der Waals surface area contributed by atoms with Crippen LogP contribution in [-0.4, -0.2) is 26.5 Å². The number of amides is 1. The van der Waals surface area contributed by atoms with Crippen LogP contribution in [-0.2, 0) is 11.2 Å². The van der Waals surface area contributed by atoms with Gasteiger partial charge in [-0.15, -0.1) is 10.2 Å². The van der Waals surface area contributed by atoms with E-state index in [0.717, 1.165) is 31.5 Å². The molecule has 1 heterocycles. The molecule has 19 heavy (non-hydrogen) atoms. The number of tetrazole rings is 1. The third-order valence-corrected chi connectivity index (χ3v) is 5.63. The number of carbonyl (C=O) groups is 1. The lowest BCUT2D eigenvalue weighted by Crippen LogP contribution is -2.57. The smallest absolute Gasteiger partial charge is 0.223 e. The van der Waals surface area contributed by atoms with Crippen LogP contribution < -0.4 is 5.73 Å². The van der Waals surface area contributed by atoms with Gasteiger partial charge in [-0.05, 0) is 55.8 Å². The van der Waals surface area contributed by atoms with Crippen LogP contribution >= 0.6 is 0 Å². The number of primary amides is 1. The van der Waals surface area contributed by atoms with Crippen LogP contribution in [0.4, 0.5) is 0 Å². The zero-order chi connectivity index (χ0) is 13.1. The van der Waals surface area contributed by atoms with Crippen LogP contribution in [0.25, 0.3) is 0 Å². The van der Waals surface area contributed by atoms with Crippen molar-refractivity contribution in [2.75, 3.05) is 0 Å². The van der Waals surface area contributed by atoms with Crippen molar-refractivity contribution in [1.29, 1.82) is 0 Å². The summed E-state index contributed by atoms with van der Waals surface area (Å²) in [4.78, 5) is 12.0. The van der Waals surface area contributed by atoms with Crippen molar-refractivity contribution in [3.05, 3.63) is 5.82 Å². The third kappa shape index (κ3) is 1.61. The van der Waals surface area contributed by atoms with Gasteiger partial charge in [0.05, 0.1) is 5.41 Å². The van der Waals surface area contributed by atoms with Crippen LogP contribution in [0, 0.1) is 22.7 Å². The van der Waals surface area contributed by atoms with E-state index in [1.54, 1.807) is 0 Å². The lowest BCUT2D eigenvalue weighted by molar-refractivity contribution is -0.154. The average molecular weight is 261 g/mol. The number of nitrogens with zero attached hydrogens (tertiary/aromatic N) is 3. The number of carbonyl (C=O) groups excluding carboxylic acids is 1. The first kappa shape index (κ1) is 11.4. The molecule has 4 fully saturated rings. The normalized spacial score (nSPS) is 43.6. The topological polar surface area (TPSA) is 97.5 Å². The van der Waals surface area contributed by atoms with Gasteiger partial charge in [0.15, 0.2) is 5.82 Å². The van der Waals surface area contributed by atoms with Gasteiger partial charge in [0.2, 0.25) is 5.91 Å². The van der Waals surface area contributed by atoms with Gasteiger partial charge in [0, 0.05) is 6.42 Å². The molecular formula is C13H19N5O. The quantitative estimate of drug-likeness (QED) is 0.841. The Morgan fingerprint density at radius 3 is 2.63 bits per heavy atom. The Hall–Kier alpha value is -1.46. The van der Waals surface area contributed by atoms with Gasteiger partial charge in [0.1, 0.15) is 0 Å². The molecule has 3 N–H and O–H groups in total. The summed E-state index contributed by atoms with van der Waals surface area (Å²) in [5.74, 6) is 2.03. The van der Waals surface area contributed by atoms with Gasteiger partial charge in [-0.1, -0.05) is 5.21 Å². The Morgan fingerprint density at radius 2 is 2.05 bits per heavy atom. The lowest BCUT2D eigenvalue weighted by atomic mass is 9.43. The number of hydrogen-bond acceptors (Lipinski definition) is 4. The Morgan fingerprint density at radius 1 is 1.32 bits per heavy atom. The number of rotatable bonds is 3. The predicted molar refractivity (Wildman–Crippen MR) is 66.6 cm³/mol. The second-order valence-electron chi connectivity index (χ2n) is 7.11. The van der Waals surface area contributed by atoms with Gasteiger partial charge in [0.25, 0.3) is 0 Å². The summed E-state index contributed by atoms with van der Waals surface area (Å²) in [6.07, 6.45) is 7.46. The molecule has 3 unspecified atom stereocenters. The molecule has 1 amide bonds. The largest absolute Gasteiger partial charge is 0.369 e. The maximum absolute atomic E-state index is 12.0. The summed E-state index contributed by atoms with van der Waals surface area (Å²) >= 11 is 0. The van der Waals surface area contributed by atoms with E-state index in [4.69, 9.17) is 5.73 Å². The minimum atomic E-state index is -0.242. The molecule has 0 aliphatic heterocycles. The summed E-state index contributed by atoms with van der Waals surface area (Å²) in [5, 5.41) is 14.4. The minimum Gasteiger partial charge on any atom is -0.369 e. The van der Waals surface area contributed by atoms with Crippen LogP contribution in [0.3, 0.4) is 0 Å². The van der Waals surface area contributed by atoms with E-state index in [2.05, 4.69) is 20.6 Å². The van der Waals surface area contributed by atoms with Gasteiger partial charge in [-0.2, -0.15) is 5.21 Å². The Kier molecular flexibility index (Phi) is 2.13. The molecule has 6 nitrogen and oxygen atoms in total. The summed E-state index contributed by atoms with van der Waals surface area (Å²) in [6.45, 7) is 0. The SMILES string of the molecule is NC(=O)C12CC3C[C@H](CC(Cc4nn[nH]n4)(C3)C1)C2. The van der Waals surface area contributed by atoms with Gasteiger partial charge >= 0.3 is 0 Å². The summed E-state index contributed by atoms with van der Waals surface area (Å²) in [7, 11) is 0. The maximum Gasteiger partial charge on any atom is 0.223 e. The molecule has 5 rings (SSSR count). The number of aromatic amines is 1. The van der Waals surface area contributed by atoms with E-state index < -0.39 is 0 Å². The molecule has 0 aromatic carbocycles. The van der Waals surface area contributed by atoms with Crippen LogP contribution in [0.1, 0.15) is 44.3 Å². The molecule has 0 spiro atoms. The molecule has 4 saturated carbocycles. The summed E-state index contributed by atoms with van der Waals surface area (Å²) in [6, 6.07) is 0. The van der Waals surface area contributed by atoms with E-state index in [1.807, 2.05) is 0 Å². The van der Waals surface area contributed by atoms with Crippen LogP contribution in [0.5, 0.6) is 0 Å². The average Bonchev–Trinajstić information content (AvgIpc) is 2.78. The first-order valence-corrected chi connectivity index (χ1v) is 7.12. The molecule has 102 valence electrons.